The van der Waals surface area contributed by atoms with Gasteiger partial charge in [0.05, 0.1) is 0 Å². The maximum absolute atomic E-state index is 12.3. The summed E-state index contributed by atoms with van der Waals surface area (Å²) in [4.78, 5) is 26.4. The summed E-state index contributed by atoms with van der Waals surface area (Å²) in [6.07, 6.45) is 1.42. The highest BCUT2D eigenvalue weighted by molar-refractivity contribution is 5.95. The van der Waals surface area contributed by atoms with E-state index in [-0.39, 0.29) is 24.3 Å². The minimum Gasteiger partial charge on any atom is -0.484 e. The Bertz CT molecular complexity index is 805. The van der Waals surface area contributed by atoms with Crippen LogP contribution in [0.2, 0.25) is 0 Å². The van der Waals surface area contributed by atoms with E-state index in [1.165, 1.54) is 5.56 Å². The number of likely N-dealkylation sites (tertiary alicyclic amines) is 1. The molecule has 1 aliphatic rings. The molecule has 0 aliphatic carbocycles. The molecule has 29 heavy (non-hydrogen) atoms. The third-order valence-electron chi connectivity index (χ3n) is 5.45. The summed E-state index contributed by atoms with van der Waals surface area (Å²) in [5.41, 5.74) is 1.99. The van der Waals surface area contributed by atoms with Gasteiger partial charge in [-0.15, -0.1) is 0 Å². The van der Waals surface area contributed by atoms with E-state index in [9.17, 15) is 9.59 Å². The number of piperidine rings is 1. The van der Waals surface area contributed by atoms with Gasteiger partial charge < -0.3 is 10.1 Å². The van der Waals surface area contributed by atoms with Crippen LogP contribution in [0.1, 0.15) is 42.6 Å². The van der Waals surface area contributed by atoms with Gasteiger partial charge in [0, 0.05) is 37.7 Å². The number of ether oxygens (including phenoxy) is 1. The van der Waals surface area contributed by atoms with E-state index >= 15 is 0 Å². The van der Waals surface area contributed by atoms with Crippen molar-refractivity contribution in [2.24, 2.45) is 5.92 Å². The summed E-state index contributed by atoms with van der Waals surface area (Å²) in [6.45, 7) is 6.89. The van der Waals surface area contributed by atoms with Crippen molar-refractivity contribution in [1.82, 2.24) is 10.2 Å². The van der Waals surface area contributed by atoms with E-state index in [1.807, 2.05) is 13.0 Å². The molecular formula is C24H30N2O3. The van der Waals surface area contributed by atoms with Gasteiger partial charge in [0.1, 0.15) is 5.75 Å². The van der Waals surface area contributed by atoms with Crippen molar-refractivity contribution in [1.29, 1.82) is 0 Å². The molecule has 1 heterocycles. The Labute approximate surface area is 173 Å². The van der Waals surface area contributed by atoms with E-state index in [0.717, 1.165) is 26.1 Å². The summed E-state index contributed by atoms with van der Waals surface area (Å²) < 4.78 is 5.58. The lowest BCUT2D eigenvalue weighted by Gasteiger charge is -2.37. The van der Waals surface area contributed by atoms with Gasteiger partial charge in [0.15, 0.2) is 12.4 Å². The van der Waals surface area contributed by atoms with E-state index in [0.29, 0.717) is 23.7 Å². The lowest BCUT2D eigenvalue weighted by molar-refractivity contribution is -0.124. The van der Waals surface area contributed by atoms with Crippen molar-refractivity contribution < 1.29 is 14.3 Å². The van der Waals surface area contributed by atoms with Crippen LogP contribution in [0.15, 0.2) is 54.6 Å². The number of benzene rings is 2. The molecule has 1 fully saturated rings. The summed E-state index contributed by atoms with van der Waals surface area (Å²) in [5.74, 6) is 0.975. The van der Waals surface area contributed by atoms with Crippen LogP contribution in [-0.2, 0) is 11.3 Å². The fourth-order valence-electron chi connectivity index (χ4n) is 3.77. The van der Waals surface area contributed by atoms with Crippen molar-refractivity contribution in [2.45, 2.75) is 39.3 Å². The van der Waals surface area contributed by atoms with Crippen LogP contribution in [0.3, 0.4) is 0 Å². The van der Waals surface area contributed by atoms with Crippen molar-refractivity contribution in [3.8, 4) is 5.75 Å². The van der Waals surface area contributed by atoms with Crippen LogP contribution in [0.5, 0.6) is 5.75 Å². The first-order chi connectivity index (χ1) is 14.0. The van der Waals surface area contributed by atoms with E-state index in [1.54, 1.807) is 24.3 Å². The molecule has 0 unspecified atom stereocenters. The average molecular weight is 395 g/mol. The zero-order chi connectivity index (χ0) is 20.6. The molecule has 2 aromatic rings. The first-order valence-corrected chi connectivity index (χ1v) is 10.4. The minimum atomic E-state index is -0.105. The number of ketones is 1. The van der Waals surface area contributed by atoms with Crippen LogP contribution in [0.25, 0.3) is 0 Å². The number of hydrogen-bond acceptors (Lipinski definition) is 4. The number of nitrogens with one attached hydrogen (secondary N) is 1. The van der Waals surface area contributed by atoms with Gasteiger partial charge in [-0.3, -0.25) is 14.5 Å². The molecule has 154 valence electrons. The molecule has 0 radical (unpaired) electrons. The molecule has 0 spiro atoms. The third kappa shape index (κ3) is 6.16. The summed E-state index contributed by atoms with van der Waals surface area (Å²) in [7, 11) is 0. The van der Waals surface area contributed by atoms with Crippen molar-refractivity contribution in [2.75, 3.05) is 19.7 Å². The topological polar surface area (TPSA) is 58.6 Å². The Hall–Kier alpha value is -2.66. The molecular weight excluding hydrogens is 364 g/mol. The van der Waals surface area contributed by atoms with Gasteiger partial charge in [-0.25, -0.2) is 0 Å². The van der Waals surface area contributed by atoms with Crippen molar-refractivity contribution >= 4 is 11.7 Å². The second kappa shape index (κ2) is 10.2. The first kappa shape index (κ1) is 21.1. The number of amides is 1. The fourth-order valence-corrected chi connectivity index (χ4v) is 3.77. The molecule has 5 nitrogen and oxygen atoms in total. The highest BCUT2D eigenvalue weighted by Gasteiger charge is 2.27. The third-order valence-corrected chi connectivity index (χ3v) is 5.45. The molecule has 0 aromatic heterocycles. The number of nitrogens with zero attached hydrogens (tertiary/aromatic N) is 1. The Kier molecular flexibility index (Phi) is 7.42. The van der Waals surface area contributed by atoms with Gasteiger partial charge in [0.2, 0.25) is 0 Å². The number of hydrogen-bond donors (Lipinski definition) is 1. The summed E-state index contributed by atoms with van der Waals surface area (Å²) in [5, 5.41) is 3.12. The highest BCUT2D eigenvalue weighted by atomic mass is 16.5. The summed E-state index contributed by atoms with van der Waals surface area (Å²) in [6, 6.07) is 17.6. The number of Topliss-reactive ketones (excluding diaryl/α,β-unsaturated/α-hetero) is 1. The van der Waals surface area contributed by atoms with Crippen LogP contribution < -0.4 is 10.1 Å². The quantitative estimate of drug-likeness (QED) is 0.694. The van der Waals surface area contributed by atoms with E-state index < -0.39 is 0 Å². The molecule has 2 atom stereocenters. The Morgan fingerprint density at radius 3 is 2.48 bits per heavy atom. The Balaban J connectivity index is 1.42. The molecule has 1 aliphatic heterocycles. The van der Waals surface area contributed by atoms with Crippen LogP contribution >= 0.6 is 0 Å². The average Bonchev–Trinajstić information content (AvgIpc) is 2.75. The van der Waals surface area contributed by atoms with Crippen molar-refractivity contribution in [3.63, 3.8) is 0 Å². The predicted molar refractivity (Wildman–Crippen MR) is 114 cm³/mol. The largest absolute Gasteiger partial charge is 0.484 e. The van der Waals surface area contributed by atoms with Gasteiger partial charge in [0.25, 0.3) is 5.91 Å². The highest BCUT2D eigenvalue weighted by Crippen LogP contribution is 2.19. The van der Waals surface area contributed by atoms with Gasteiger partial charge in [-0.2, -0.15) is 0 Å². The molecule has 1 N–H and O–H groups in total. The molecule has 5 heteroatoms. The molecule has 3 rings (SSSR count). The number of carbonyl (C=O) groups excluding carboxylic acids is 2. The normalized spacial score (nSPS) is 19.5. The standard InChI is InChI=1S/C24H30N2O3/c1-3-23(27)20-9-11-21(12-10-20)29-17-24(28)25-22-13-14-26(15-18(22)2)16-19-7-5-4-6-8-19/h4-12,18,22H,3,13-17H2,1-2H3,(H,25,28)/t18-,22+/m1/s1. The van der Waals surface area contributed by atoms with Crippen LogP contribution in [0.4, 0.5) is 0 Å². The molecule has 1 saturated heterocycles. The predicted octanol–water partition coefficient (Wildman–Crippen LogP) is 3.68. The number of carbonyl (C=O) groups is 2. The number of rotatable bonds is 8. The van der Waals surface area contributed by atoms with Crippen LogP contribution in [-0.4, -0.2) is 42.3 Å². The second-order valence-corrected chi connectivity index (χ2v) is 7.75. The monoisotopic (exact) mass is 394 g/mol. The van der Waals surface area contributed by atoms with Crippen LogP contribution in [0, 0.1) is 5.92 Å². The van der Waals surface area contributed by atoms with E-state index in [4.69, 9.17) is 4.74 Å². The van der Waals surface area contributed by atoms with Gasteiger partial charge in [-0.1, -0.05) is 44.2 Å². The van der Waals surface area contributed by atoms with Gasteiger partial charge >= 0.3 is 0 Å². The lowest BCUT2D eigenvalue weighted by atomic mass is 9.93. The van der Waals surface area contributed by atoms with Gasteiger partial charge in [-0.05, 0) is 42.2 Å². The maximum atomic E-state index is 12.3. The zero-order valence-electron chi connectivity index (χ0n) is 17.3. The SMILES string of the molecule is CCC(=O)c1ccc(OCC(=O)N[C@H]2CCN(Cc3ccccc3)C[C@H]2C)cc1. The zero-order valence-corrected chi connectivity index (χ0v) is 17.3. The molecule has 0 saturated carbocycles. The van der Waals surface area contributed by atoms with E-state index in [2.05, 4.69) is 41.4 Å². The first-order valence-electron chi connectivity index (χ1n) is 10.4. The smallest absolute Gasteiger partial charge is 0.258 e. The Morgan fingerprint density at radius 2 is 1.83 bits per heavy atom. The second-order valence-electron chi connectivity index (χ2n) is 7.75. The maximum Gasteiger partial charge on any atom is 0.258 e. The fraction of sp³-hybridized carbons (Fsp3) is 0.417. The minimum absolute atomic E-state index is 0.0159. The molecule has 0 bridgehead atoms. The Morgan fingerprint density at radius 1 is 1.10 bits per heavy atom. The molecule has 1 amide bonds. The van der Waals surface area contributed by atoms with Crippen molar-refractivity contribution in [3.05, 3.63) is 65.7 Å². The molecule has 2 aromatic carbocycles. The lowest BCUT2D eigenvalue weighted by Crippen LogP contribution is -2.50. The summed E-state index contributed by atoms with van der Waals surface area (Å²) >= 11 is 0.